The van der Waals surface area contributed by atoms with E-state index in [9.17, 15) is 4.79 Å². The SMILES string of the molecule is Cn1c(=O)n(CC(C)(C)C)c2ccc(-c3cc(N)cnc3N)cc21. The van der Waals surface area contributed by atoms with E-state index in [1.165, 1.54) is 6.20 Å². The van der Waals surface area contributed by atoms with Crippen LogP contribution in [-0.2, 0) is 13.6 Å². The zero-order chi connectivity index (χ0) is 17.6. The Hall–Kier alpha value is -2.76. The molecule has 6 nitrogen and oxygen atoms in total. The van der Waals surface area contributed by atoms with Gasteiger partial charge in [0.25, 0.3) is 0 Å². The molecule has 24 heavy (non-hydrogen) atoms. The lowest BCUT2D eigenvalue weighted by Crippen LogP contribution is -2.27. The highest BCUT2D eigenvalue weighted by Crippen LogP contribution is 2.29. The van der Waals surface area contributed by atoms with Crippen LogP contribution < -0.4 is 17.2 Å². The molecular formula is C18H23N5O. The van der Waals surface area contributed by atoms with Crippen molar-refractivity contribution in [3.63, 3.8) is 0 Å². The van der Waals surface area contributed by atoms with Crippen LogP contribution in [0.1, 0.15) is 20.8 Å². The fourth-order valence-corrected chi connectivity index (χ4v) is 2.92. The lowest BCUT2D eigenvalue weighted by atomic mass is 9.97. The van der Waals surface area contributed by atoms with E-state index in [1.54, 1.807) is 17.7 Å². The molecule has 0 aliphatic rings. The Labute approximate surface area is 140 Å². The fourth-order valence-electron chi connectivity index (χ4n) is 2.92. The molecule has 0 aliphatic heterocycles. The largest absolute Gasteiger partial charge is 0.397 e. The smallest absolute Gasteiger partial charge is 0.328 e. The average molecular weight is 325 g/mol. The van der Waals surface area contributed by atoms with Crippen LogP contribution in [0.2, 0.25) is 0 Å². The Morgan fingerprint density at radius 1 is 1.12 bits per heavy atom. The van der Waals surface area contributed by atoms with Crippen LogP contribution in [0.15, 0.2) is 35.3 Å². The predicted octanol–water partition coefficient (Wildman–Crippen LogP) is 2.61. The van der Waals surface area contributed by atoms with Crippen LogP contribution >= 0.6 is 0 Å². The van der Waals surface area contributed by atoms with Gasteiger partial charge in [-0.3, -0.25) is 9.13 Å². The molecule has 0 unspecified atom stereocenters. The second-order valence-corrected chi connectivity index (χ2v) is 7.39. The van der Waals surface area contributed by atoms with Gasteiger partial charge in [0, 0.05) is 19.2 Å². The summed E-state index contributed by atoms with van der Waals surface area (Å²) in [5.41, 5.74) is 15.8. The summed E-state index contributed by atoms with van der Waals surface area (Å²) in [5, 5.41) is 0. The maximum absolute atomic E-state index is 12.6. The highest BCUT2D eigenvalue weighted by Gasteiger charge is 2.18. The Bertz CT molecular complexity index is 975. The second-order valence-electron chi connectivity index (χ2n) is 7.39. The van der Waals surface area contributed by atoms with Crippen molar-refractivity contribution < 1.29 is 0 Å². The van der Waals surface area contributed by atoms with E-state index in [4.69, 9.17) is 11.5 Å². The summed E-state index contributed by atoms with van der Waals surface area (Å²) in [6.45, 7) is 7.01. The molecule has 0 aliphatic carbocycles. The highest BCUT2D eigenvalue weighted by atomic mass is 16.1. The van der Waals surface area contributed by atoms with Gasteiger partial charge in [-0.05, 0) is 29.2 Å². The van der Waals surface area contributed by atoms with Crippen molar-refractivity contribution in [3.05, 3.63) is 40.9 Å². The van der Waals surface area contributed by atoms with Gasteiger partial charge in [0.2, 0.25) is 0 Å². The molecule has 126 valence electrons. The minimum absolute atomic E-state index is 0.0129. The third-order valence-corrected chi connectivity index (χ3v) is 4.03. The number of nitrogen functional groups attached to an aromatic ring is 2. The zero-order valence-electron chi connectivity index (χ0n) is 14.5. The van der Waals surface area contributed by atoms with Gasteiger partial charge in [-0.2, -0.15) is 0 Å². The number of nitrogens with zero attached hydrogens (tertiary/aromatic N) is 3. The van der Waals surface area contributed by atoms with Crippen molar-refractivity contribution in [2.24, 2.45) is 12.5 Å². The summed E-state index contributed by atoms with van der Waals surface area (Å²) >= 11 is 0. The van der Waals surface area contributed by atoms with Crippen molar-refractivity contribution in [1.82, 2.24) is 14.1 Å². The maximum atomic E-state index is 12.6. The number of aromatic nitrogens is 3. The van der Waals surface area contributed by atoms with Crippen molar-refractivity contribution in [3.8, 4) is 11.1 Å². The normalized spacial score (nSPS) is 12.0. The lowest BCUT2D eigenvalue weighted by Gasteiger charge is -2.18. The first-order chi connectivity index (χ1) is 11.2. The number of hydrogen-bond donors (Lipinski definition) is 2. The van der Waals surface area contributed by atoms with Crippen molar-refractivity contribution in [2.45, 2.75) is 27.3 Å². The Morgan fingerprint density at radius 2 is 1.83 bits per heavy atom. The number of fused-ring (bicyclic) bond motifs is 1. The van der Waals surface area contributed by atoms with Crippen molar-refractivity contribution in [1.29, 1.82) is 0 Å². The highest BCUT2D eigenvalue weighted by molar-refractivity contribution is 5.86. The summed E-state index contributed by atoms with van der Waals surface area (Å²) < 4.78 is 3.49. The van der Waals surface area contributed by atoms with Crippen LogP contribution in [0.4, 0.5) is 11.5 Å². The van der Waals surface area contributed by atoms with Crippen LogP contribution in [0.25, 0.3) is 22.2 Å². The molecule has 0 saturated heterocycles. The second kappa shape index (κ2) is 5.40. The molecular weight excluding hydrogens is 302 g/mol. The molecule has 6 heteroatoms. The molecule has 0 amide bonds. The average Bonchev–Trinajstić information content (AvgIpc) is 2.73. The first-order valence-corrected chi connectivity index (χ1v) is 7.88. The molecule has 0 atom stereocenters. The molecule has 2 aromatic heterocycles. The Kier molecular flexibility index (Phi) is 3.63. The molecule has 3 rings (SSSR count). The monoisotopic (exact) mass is 325 g/mol. The van der Waals surface area contributed by atoms with E-state index in [1.807, 2.05) is 22.8 Å². The minimum Gasteiger partial charge on any atom is -0.397 e. The third-order valence-electron chi connectivity index (χ3n) is 4.03. The molecule has 0 radical (unpaired) electrons. The predicted molar refractivity (Wildman–Crippen MR) is 98.7 cm³/mol. The van der Waals surface area contributed by atoms with E-state index in [0.29, 0.717) is 18.1 Å². The number of hydrogen-bond acceptors (Lipinski definition) is 4. The number of nitrogens with two attached hydrogens (primary N) is 2. The van der Waals surface area contributed by atoms with Gasteiger partial charge in [0.1, 0.15) is 5.82 Å². The van der Waals surface area contributed by atoms with E-state index >= 15 is 0 Å². The number of rotatable bonds is 2. The van der Waals surface area contributed by atoms with E-state index in [-0.39, 0.29) is 11.1 Å². The molecule has 4 N–H and O–H groups in total. The minimum atomic E-state index is -0.0178. The Morgan fingerprint density at radius 3 is 2.50 bits per heavy atom. The van der Waals surface area contributed by atoms with E-state index < -0.39 is 0 Å². The third kappa shape index (κ3) is 2.75. The number of anilines is 2. The Balaban J connectivity index is 2.21. The van der Waals surface area contributed by atoms with Crippen LogP contribution in [0.5, 0.6) is 0 Å². The maximum Gasteiger partial charge on any atom is 0.328 e. The number of aryl methyl sites for hydroxylation is 1. The summed E-state index contributed by atoms with van der Waals surface area (Å²) in [6.07, 6.45) is 1.53. The molecule has 2 heterocycles. The standard InChI is InChI=1S/C18H23N5O/c1-18(2,3)10-23-14-6-5-11(7-15(14)22(4)17(23)24)13-8-12(19)9-21-16(13)20/h5-9H,10,19H2,1-4H3,(H2,20,21). The summed E-state index contributed by atoms with van der Waals surface area (Å²) in [4.78, 5) is 16.7. The molecule has 1 aromatic carbocycles. The van der Waals surface area contributed by atoms with Gasteiger partial charge < -0.3 is 11.5 Å². The summed E-state index contributed by atoms with van der Waals surface area (Å²) in [6, 6.07) is 7.67. The molecule has 0 fully saturated rings. The van der Waals surface area contributed by atoms with Gasteiger partial charge in [0.05, 0.1) is 22.9 Å². The van der Waals surface area contributed by atoms with Gasteiger partial charge in [-0.1, -0.05) is 26.8 Å². The first kappa shape index (κ1) is 16.1. The van der Waals surface area contributed by atoms with Gasteiger partial charge in [-0.25, -0.2) is 9.78 Å². The summed E-state index contributed by atoms with van der Waals surface area (Å²) in [5.74, 6) is 0.419. The van der Waals surface area contributed by atoms with Crippen LogP contribution in [-0.4, -0.2) is 14.1 Å². The summed E-state index contributed by atoms with van der Waals surface area (Å²) in [7, 11) is 1.79. The first-order valence-electron chi connectivity index (χ1n) is 7.88. The van der Waals surface area contributed by atoms with Crippen molar-refractivity contribution in [2.75, 3.05) is 11.5 Å². The molecule has 0 spiro atoms. The molecule has 0 bridgehead atoms. The van der Waals surface area contributed by atoms with Gasteiger partial charge >= 0.3 is 5.69 Å². The van der Waals surface area contributed by atoms with E-state index in [2.05, 4.69) is 25.8 Å². The quantitative estimate of drug-likeness (QED) is 0.757. The van der Waals surface area contributed by atoms with Gasteiger partial charge in [-0.15, -0.1) is 0 Å². The molecule has 3 aromatic rings. The topological polar surface area (TPSA) is 91.9 Å². The number of benzene rings is 1. The fraction of sp³-hybridized carbons (Fsp3) is 0.333. The van der Waals surface area contributed by atoms with Crippen molar-refractivity contribution >= 4 is 22.5 Å². The van der Waals surface area contributed by atoms with Crippen LogP contribution in [0, 0.1) is 5.41 Å². The van der Waals surface area contributed by atoms with E-state index in [0.717, 1.165) is 22.2 Å². The van der Waals surface area contributed by atoms with Crippen LogP contribution in [0.3, 0.4) is 0 Å². The zero-order valence-corrected chi connectivity index (χ0v) is 14.5. The number of pyridine rings is 1. The molecule has 0 saturated carbocycles. The number of imidazole rings is 1. The lowest BCUT2D eigenvalue weighted by molar-refractivity contribution is 0.342. The van der Waals surface area contributed by atoms with Gasteiger partial charge in [0.15, 0.2) is 0 Å².